The largest absolute Gasteiger partial charge is 0.481 e. The molecule has 5 nitrogen and oxygen atoms in total. The second-order valence-electron chi connectivity index (χ2n) is 4.89. The fourth-order valence-electron chi connectivity index (χ4n) is 2.31. The molecular weight excluding hydrogens is 343 g/mol. The zero-order valence-electron chi connectivity index (χ0n) is 11.4. The highest BCUT2D eigenvalue weighted by Gasteiger charge is 2.24. The summed E-state index contributed by atoms with van der Waals surface area (Å²) >= 11 is 3.38. The van der Waals surface area contributed by atoms with E-state index in [-0.39, 0.29) is 18.3 Å². The lowest BCUT2D eigenvalue weighted by molar-refractivity contribution is -0.137. The number of hydrogen-bond donors (Lipinski definition) is 2. The van der Waals surface area contributed by atoms with Crippen LogP contribution < -0.4 is 5.32 Å². The molecule has 0 radical (unpaired) electrons. The lowest BCUT2D eigenvalue weighted by Gasteiger charge is -2.30. The van der Waals surface area contributed by atoms with Crippen molar-refractivity contribution in [3.63, 3.8) is 0 Å². The Kier molecular flexibility index (Phi) is 5.17. The first-order valence-corrected chi connectivity index (χ1v) is 7.48. The van der Waals surface area contributed by atoms with Gasteiger partial charge in [-0.3, -0.25) is 4.79 Å². The Balaban J connectivity index is 1.93. The third-order valence-electron chi connectivity index (χ3n) is 3.43. The molecule has 7 heteroatoms. The number of amides is 2. The molecule has 21 heavy (non-hydrogen) atoms. The molecule has 1 aromatic carbocycles. The first kappa shape index (κ1) is 15.8. The number of carboxylic acid groups (broad SMARTS) is 1. The highest BCUT2D eigenvalue weighted by Crippen LogP contribution is 2.28. The molecule has 0 atom stereocenters. The van der Waals surface area contributed by atoms with E-state index in [1.54, 1.807) is 11.0 Å². The number of rotatable bonds is 4. The van der Waals surface area contributed by atoms with Gasteiger partial charge in [-0.15, -0.1) is 0 Å². The van der Waals surface area contributed by atoms with Crippen LogP contribution in [0.4, 0.5) is 9.18 Å². The van der Waals surface area contributed by atoms with Gasteiger partial charge in [-0.25, -0.2) is 9.18 Å². The number of halogens is 2. The fourth-order valence-corrected chi connectivity index (χ4v) is 2.81. The van der Waals surface area contributed by atoms with E-state index in [0.717, 1.165) is 10.0 Å². The molecule has 1 aromatic rings. The number of urea groups is 1. The maximum Gasteiger partial charge on any atom is 0.317 e. The molecule has 1 heterocycles. The Morgan fingerprint density at radius 2 is 2.14 bits per heavy atom. The Morgan fingerprint density at radius 3 is 2.86 bits per heavy atom. The van der Waals surface area contributed by atoms with Crippen molar-refractivity contribution in [1.29, 1.82) is 0 Å². The summed E-state index contributed by atoms with van der Waals surface area (Å²) in [7, 11) is 0. The first-order valence-electron chi connectivity index (χ1n) is 6.69. The number of carbonyl (C=O) groups excluding carboxylic acids is 1. The van der Waals surface area contributed by atoms with Crippen molar-refractivity contribution in [2.75, 3.05) is 13.1 Å². The summed E-state index contributed by atoms with van der Waals surface area (Å²) in [6.07, 6.45) is 0.896. The van der Waals surface area contributed by atoms with Crippen LogP contribution in [0.15, 0.2) is 16.6 Å². The van der Waals surface area contributed by atoms with Gasteiger partial charge in [-0.2, -0.15) is 0 Å². The van der Waals surface area contributed by atoms with Crippen LogP contribution in [0.2, 0.25) is 0 Å². The van der Waals surface area contributed by atoms with Crippen molar-refractivity contribution in [3.8, 4) is 0 Å². The number of carbonyl (C=O) groups is 2. The van der Waals surface area contributed by atoms with E-state index in [4.69, 9.17) is 5.11 Å². The third kappa shape index (κ3) is 3.93. The van der Waals surface area contributed by atoms with Crippen molar-refractivity contribution in [3.05, 3.63) is 33.5 Å². The number of nitrogens with one attached hydrogen (secondary N) is 1. The lowest BCUT2D eigenvalue weighted by Crippen LogP contribution is -2.43. The Hall–Kier alpha value is -1.63. The lowest BCUT2D eigenvalue weighted by atomic mass is 9.99. The van der Waals surface area contributed by atoms with Crippen molar-refractivity contribution >= 4 is 27.9 Å². The van der Waals surface area contributed by atoms with Gasteiger partial charge in [0.1, 0.15) is 5.82 Å². The van der Waals surface area contributed by atoms with E-state index < -0.39 is 5.97 Å². The molecule has 0 fully saturated rings. The molecule has 2 rings (SSSR count). The average Bonchev–Trinajstić information content (AvgIpc) is 2.47. The van der Waals surface area contributed by atoms with E-state index in [0.29, 0.717) is 38.0 Å². The molecule has 0 saturated heterocycles. The summed E-state index contributed by atoms with van der Waals surface area (Å²) in [5.41, 5.74) is 1.45. The number of nitrogens with zero attached hydrogens (tertiary/aromatic N) is 1. The Bertz CT molecular complexity index is 565. The fraction of sp³-hybridized carbons (Fsp3) is 0.429. The number of benzene rings is 1. The number of aliphatic carboxylic acids is 1. The van der Waals surface area contributed by atoms with Gasteiger partial charge in [0.25, 0.3) is 0 Å². The third-order valence-corrected chi connectivity index (χ3v) is 4.17. The van der Waals surface area contributed by atoms with Crippen LogP contribution in [0.3, 0.4) is 0 Å². The summed E-state index contributed by atoms with van der Waals surface area (Å²) in [6, 6.07) is 2.81. The summed E-state index contributed by atoms with van der Waals surface area (Å²) in [6.45, 7) is 1.11. The van der Waals surface area contributed by atoms with Gasteiger partial charge >= 0.3 is 12.0 Å². The van der Waals surface area contributed by atoms with Gasteiger partial charge in [-0.1, -0.05) is 15.9 Å². The van der Waals surface area contributed by atoms with Gasteiger partial charge in [0, 0.05) is 30.5 Å². The van der Waals surface area contributed by atoms with Gasteiger partial charge in [0.2, 0.25) is 0 Å². The summed E-state index contributed by atoms with van der Waals surface area (Å²) in [4.78, 5) is 24.0. The number of hydrogen-bond acceptors (Lipinski definition) is 2. The molecule has 1 aliphatic rings. The van der Waals surface area contributed by atoms with Gasteiger partial charge in [0.05, 0.1) is 0 Å². The number of carboxylic acids is 1. The standard InChI is InChI=1S/C14H16BrFN2O3/c15-11-3-4-12(16)9-5-7-18(8-10(9)11)14(21)17-6-1-2-13(19)20/h3-4H,1-2,5-8H2,(H,17,21)(H,19,20). The average molecular weight is 359 g/mol. The van der Waals surface area contributed by atoms with Crippen LogP contribution in [0.1, 0.15) is 24.0 Å². The van der Waals surface area contributed by atoms with Crippen LogP contribution in [0, 0.1) is 5.82 Å². The maximum atomic E-state index is 13.7. The quantitative estimate of drug-likeness (QED) is 0.812. The highest BCUT2D eigenvalue weighted by molar-refractivity contribution is 9.10. The van der Waals surface area contributed by atoms with E-state index in [1.165, 1.54) is 6.07 Å². The minimum absolute atomic E-state index is 0.0277. The molecule has 2 amide bonds. The van der Waals surface area contributed by atoms with E-state index in [1.807, 2.05) is 0 Å². The van der Waals surface area contributed by atoms with Crippen LogP contribution in [0.25, 0.3) is 0 Å². The molecule has 114 valence electrons. The molecular formula is C14H16BrFN2O3. The SMILES string of the molecule is O=C(O)CCCNC(=O)N1CCc2c(F)ccc(Br)c2C1. The van der Waals surface area contributed by atoms with Crippen molar-refractivity contribution in [1.82, 2.24) is 10.2 Å². The molecule has 1 aliphatic heterocycles. The highest BCUT2D eigenvalue weighted by atomic mass is 79.9. The summed E-state index contributed by atoms with van der Waals surface area (Å²) in [5, 5.41) is 11.2. The van der Waals surface area contributed by atoms with Crippen LogP contribution in [-0.4, -0.2) is 35.1 Å². The predicted octanol–water partition coefficient (Wildman–Crippen LogP) is 2.52. The Morgan fingerprint density at radius 1 is 1.38 bits per heavy atom. The zero-order chi connectivity index (χ0) is 15.4. The Labute approximate surface area is 130 Å². The van der Waals surface area contributed by atoms with E-state index >= 15 is 0 Å². The van der Waals surface area contributed by atoms with Crippen LogP contribution in [0.5, 0.6) is 0 Å². The molecule has 0 aliphatic carbocycles. The molecule has 0 bridgehead atoms. The van der Waals surface area contributed by atoms with Crippen molar-refractivity contribution in [2.45, 2.75) is 25.8 Å². The molecule has 2 N–H and O–H groups in total. The minimum Gasteiger partial charge on any atom is -0.481 e. The van der Waals surface area contributed by atoms with Gasteiger partial charge in [0.15, 0.2) is 0 Å². The summed E-state index contributed by atoms with van der Waals surface area (Å²) < 4.78 is 14.5. The second-order valence-corrected chi connectivity index (χ2v) is 5.74. The van der Waals surface area contributed by atoms with Gasteiger partial charge in [-0.05, 0) is 36.1 Å². The molecule has 0 aromatic heterocycles. The van der Waals surface area contributed by atoms with Crippen molar-refractivity contribution < 1.29 is 19.1 Å². The topological polar surface area (TPSA) is 69.6 Å². The van der Waals surface area contributed by atoms with Crippen molar-refractivity contribution in [2.24, 2.45) is 0 Å². The maximum absolute atomic E-state index is 13.7. The normalized spacial score (nSPS) is 13.7. The van der Waals surface area contributed by atoms with Crippen LogP contribution >= 0.6 is 15.9 Å². The monoisotopic (exact) mass is 358 g/mol. The van der Waals surface area contributed by atoms with Gasteiger partial charge < -0.3 is 15.3 Å². The summed E-state index contributed by atoms with van der Waals surface area (Å²) in [5.74, 6) is -1.12. The molecule has 0 unspecified atom stereocenters. The minimum atomic E-state index is -0.879. The second kappa shape index (κ2) is 6.89. The smallest absolute Gasteiger partial charge is 0.317 e. The van der Waals surface area contributed by atoms with E-state index in [9.17, 15) is 14.0 Å². The van der Waals surface area contributed by atoms with E-state index in [2.05, 4.69) is 21.2 Å². The molecule has 0 saturated carbocycles. The predicted molar refractivity (Wildman–Crippen MR) is 78.5 cm³/mol. The number of fused-ring (bicyclic) bond motifs is 1. The molecule has 0 spiro atoms. The zero-order valence-corrected chi connectivity index (χ0v) is 13.0. The van der Waals surface area contributed by atoms with Crippen LogP contribution in [-0.2, 0) is 17.8 Å². The first-order chi connectivity index (χ1) is 9.99.